The lowest BCUT2D eigenvalue weighted by molar-refractivity contribution is 0.158. The van der Waals surface area contributed by atoms with Crippen LogP contribution >= 0.6 is 11.6 Å². The SMILES string of the molecule is Nc1ncnc(N2CCCC2CC(O)c2ccc(F)cc2)c1Cl. The summed E-state index contributed by atoms with van der Waals surface area (Å²) in [5.41, 5.74) is 6.45. The van der Waals surface area contributed by atoms with Gasteiger partial charge in [0.05, 0.1) is 6.10 Å². The number of aliphatic hydroxyl groups excluding tert-OH is 1. The van der Waals surface area contributed by atoms with Gasteiger partial charge in [0.15, 0.2) is 5.82 Å². The van der Waals surface area contributed by atoms with E-state index in [1.165, 1.54) is 18.5 Å². The van der Waals surface area contributed by atoms with Gasteiger partial charge in [-0.15, -0.1) is 0 Å². The highest BCUT2D eigenvalue weighted by Crippen LogP contribution is 2.35. The highest BCUT2D eigenvalue weighted by atomic mass is 35.5. The third kappa shape index (κ3) is 3.38. The molecule has 0 amide bonds. The topological polar surface area (TPSA) is 75.3 Å². The van der Waals surface area contributed by atoms with Gasteiger partial charge in [-0.05, 0) is 37.0 Å². The molecule has 7 heteroatoms. The van der Waals surface area contributed by atoms with Crippen LogP contribution in [-0.4, -0.2) is 27.7 Å². The third-order valence-corrected chi connectivity index (χ3v) is 4.56. The predicted molar refractivity (Wildman–Crippen MR) is 87.8 cm³/mol. The fraction of sp³-hybridized carbons (Fsp3) is 0.375. The van der Waals surface area contributed by atoms with Gasteiger partial charge in [0.2, 0.25) is 0 Å². The molecular weight excluding hydrogens is 319 g/mol. The lowest BCUT2D eigenvalue weighted by Gasteiger charge is -2.28. The first-order valence-electron chi connectivity index (χ1n) is 7.52. The Hall–Kier alpha value is -1.92. The molecule has 3 N–H and O–H groups in total. The van der Waals surface area contributed by atoms with Crippen molar-refractivity contribution in [3.8, 4) is 0 Å². The van der Waals surface area contributed by atoms with E-state index in [0.29, 0.717) is 22.8 Å². The van der Waals surface area contributed by atoms with Crippen molar-refractivity contribution in [3.63, 3.8) is 0 Å². The molecule has 122 valence electrons. The van der Waals surface area contributed by atoms with E-state index in [2.05, 4.69) is 14.9 Å². The summed E-state index contributed by atoms with van der Waals surface area (Å²) >= 11 is 6.21. The first kappa shape index (κ1) is 16.0. The standard InChI is InChI=1S/C16H18ClFN4O/c17-14-15(19)20-9-21-16(14)22-7-1-2-12(22)8-13(23)10-3-5-11(18)6-4-10/h3-6,9,12-13,23H,1-2,7-8H2,(H2,19,20,21). The fourth-order valence-electron chi connectivity index (χ4n) is 3.01. The number of aromatic nitrogens is 2. The quantitative estimate of drug-likeness (QED) is 0.897. The minimum atomic E-state index is -0.667. The van der Waals surface area contributed by atoms with Crippen molar-refractivity contribution in [1.29, 1.82) is 0 Å². The number of nitrogens with zero attached hydrogens (tertiary/aromatic N) is 3. The van der Waals surface area contributed by atoms with Gasteiger partial charge in [0, 0.05) is 12.6 Å². The molecule has 2 aromatic rings. The molecule has 1 fully saturated rings. The Labute approximate surface area is 138 Å². The summed E-state index contributed by atoms with van der Waals surface area (Å²) in [5.74, 6) is 0.543. The molecule has 0 saturated carbocycles. The van der Waals surface area contributed by atoms with E-state index in [0.717, 1.165) is 19.4 Å². The lowest BCUT2D eigenvalue weighted by atomic mass is 10.0. The molecule has 2 unspecified atom stereocenters. The van der Waals surface area contributed by atoms with Gasteiger partial charge in [0.1, 0.15) is 23.0 Å². The number of anilines is 2. The number of hydrogen-bond acceptors (Lipinski definition) is 5. The smallest absolute Gasteiger partial charge is 0.153 e. The number of benzene rings is 1. The van der Waals surface area contributed by atoms with Crippen molar-refractivity contribution < 1.29 is 9.50 Å². The van der Waals surface area contributed by atoms with E-state index in [9.17, 15) is 9.50 Å². The van der Waals surface area contributed by atoms with Crippen molar-refractivity contribution >= 4 is 23.2 Å². The van der Waals surface area contributed by atoms with E-state index >= 15 is 0 Å². The van der Waals surface area contributed by atoms with Gasteiger partial charge in [-0.2, -0.15) is 0 Å². The van der Waals surface area contributed by atoms with Crippen LogP contribution in [0.25, 0.3) is 0 Å². The van der Waals surface area contributed by atoms with E-state index in [1.54, 1.807) is 12.1 Å². The van der Waals surface area contributed by atoms with Gasteiger partial charge in [-0.25, -0.2) is 14.4 Å². The molecule has 23 heavy (non-hydrogen) atoms. The fourth-order valence-corrected chi connectivity index (χ4v) is 3.22. The van der Waals surface area contributed by atoms with Crippen molar-refractivity contribution in [2.75, 3.05) is 17.2 Å². The molecule has 0 bridgehead atoms. The summed E-state index contributed by atoms with van der Waals surface area (Å²) in [6.45, 7) is 0.803. The lowest BCUT2D eigenvalue weighted by Crippen LogP contribution is -2.32. The average Bonchev–Trinajstić information content (AvgIpc) is 2.98. The van der Waals surface area contributed by atoms with Crippen molar-refractivity contribution in [3.05, 3.63) is 47.0 Å². The molecule has 0 aliphatic carbocycles. The molecule has 2 heterocycles. The Morgan fingerprint density at radius 3 is 2.83 bits per heavy atom. The number of nitrogens with two attached hydrogens (primary N) is 1. The zero-order valence-electron chi connectivity index (χ0n) is 12.5. The van der Waals surface area contributed by atoms with E-state index in [4.69, 9.17) is 17.3 Å². The van der Waals surface area contributed by atoms with Crippen molar-refractivity contribution in [1.82, 2.24) is 9.97 Å². The van der Waals surface area contributed by atoms with Gasteiger partial charge in [-0.1, -0.05) is 23.7 Å². The second-order valence-corrected chi connectivity index (χ2v) is 6.07. The highest BCUT2D eigenvalue weighted by molar-refractivity contribution is 6.35. The van der Waals surface area contributed by atoms with Crippen LogP contribution in [0, 0.1) is 5.82 Å². The predicted octanol–water partition coefficient (Wildman–Crippen LogP) is 2.94. The third-order valence-electron chi connectivity index (χ3n) is 4.20. The van der Waals surface area contributed by atoms with Crippen molar-refractivity contribution in [2.45, 2.75) is 31.4 Å². The molecule has 1 aliphatic rings. The minimum Gasteiger partial charge on any atom is -0.388 e. The molecule has 1 aliphatic heterocycles. The van der Waals surface area contributed by atoms with Crippen LogP contribution in [0.4, 0.5) is 16.0 Å². The van der Waals surface area contributed by atoms with Crippen LogP contribution < -0.4 is 10.6 Å². The maximum atomic E-state index is 13.0. The first-order valence-corrected chi connectivity index (χ1v) is 7.90. The normalized spacial score (nSPS) is 19.1. The van der Waals surface area contributed by atoms with Crippen LogP contribution in [0.2, 0.25) is 5.02 Å². The van der Waals surface area contributed by atoms with Crippen LogP contribution in [0.1, 0.15) is 30.9 Å². The maximum Gasteiger partial charge on any atom is 0.153 e. The molecule has 1 aromatic heterocycles. The first-order chi connectivity index (χ1) is 11.1. The minimum absolute atomic E-state index is 0.0989. The Balaban J connectivity index is 1.76. The molecular formula is C16H18ClFN4O. The molecule has 2 atom stereocenters. The monoisotopic (exact) mass is 336 g/mol. The summed E-state index contributed by atoms with van der Waals surface area (Å²) in [6.07, 6.45) is 3.16. The number of rotatable bonds is 4. The van der Waals surface area contributed by atoms with Crippen LogP contribution in [0.5, 0.6) is 0 Å². The Morgan fingerprint density at radius 2 is 2.09 bits per heavy atom. The summed E-state index contributed by atoms with van der Waals surface area (Å²) in [5, 5.41) is 10.8. The van der Waals surface area contributed by atoms with E-state index in [1.807, 2.05) is 0 Å². The molecule has 1 aromatic carbocycles. The maximum absolute atomic E-state index is 13.0. The molecule has 1 saturated heterocycles. The van der Waals surface area contributed by atoms with E-state index in [-0.39, 0.29) is 17.7 Å². The Morgan fingerprint density at radius 1 is 1.35 bits per heavy atom. The molecule has 5 nitrogen and oxygen atoms in total. The Kier molecular flexibility index (Phi) is 4.63. The van der Waals surface area contributed by atoms with Gasteiger partial charge < -0.3 is 15.7 Å². The van der Waals surface area contributed by atoms with Crippen LogP contribution in [0.15, 0.2) is 30.6 Å². The van der Waals surface area contributed by atoms with Crippen LogP contribution in [0.3, 0.4) is 0 Å². The summed E-state index contributed by atoms with van der Waals surface area (Å²) in [4.78, 5) is 10.2. The highest BCUT2D eigenvalue weighted by Gasteiger charge is 2.30. The van der Waals surface area contributed by atoms with Gasteiger partial charge in [-0.3, -0.25) is 0 Å². The summed E-state index contributed by atoms with van der Waals surface area (Å²) in [7, 11) is 0. The number of hydrogen-bond donors (Lipinski definition) is 2. The average molecular weight is 337 g/mol. The second-order valence-electron chi connectivity index (χ2n) is 5.69. The summed E-state index contributed by atoms with van der Waals surface area (Å²) < 4.78 is 13.0. The van der Waals surface area contributed by atoms with Gasteiger partial charge in [0.25, 0.3) is 0 Å². The largest absolute Gasteiger partial charge is 0.388 e. The molecule has 0 radical (unpaired) electrons. The second kappa shape index (κ2) is 6.68. The number of nitrogen functional groups attached to an aromatic ring is 1. The van der Waals surface area contributed by atoms with E-state index < -0.39 is 6.10 Å². The van der Waals surface area contributed by atoms with Gasteiger partial charge >= 0.3 is 0 Å². The van der Waals surface area contributed by atoms with Crippen molar-refractivity contribution in [2.24, 2.45) is 0 Å². The number of halogens is 2. The zero-order chi connectivity index (χ0) is 16.4. The Bertz CT molecular complexity index is 682. The van der Waals surface area contributed by atoms with Crippen LogP contribution in [-0.2, 0) is 0 Å². The molecule has 3 rings (SSSR count). The zero-order valence-corrected chi connectivity index (χ0v) is 13.2. The number of aliphatic hydroxyl groups is 1. The summed E-state index contributed by atoms with van der Waals surface area (Å²) in [6, 6.07) is 6.02. The molecule has 0 spiro atoms.